The van der Waals surface area contributed by atoms with Gasteiger partial charge in [0.2, 0.25) is 0 Å². The quantitative estimate of drug-likeness (QED) is 0.344. The molecule has 4 heteroatoms. The van der Waals surface area contributed by atoms with Crippen LogP contribution in [0.3, 0.4) is 0 Å². The van der Waals surface area contributed by atoms with Crippen molar-refractivity contribution in [3.8, 4) is 11.4 Å². The van der Waals surface area contributed by atoms with E-state index in [-0.39, 0.29) is 5.04 Å². The lowest BCUT2D eigenvalue weighted by atomic mass is 10.2. The second-order valence-corrected chi connectivity index (χ2v) is 14.0. The van der Waals surface area contributed by atoms with Crippen molar-refractivity contribution in [2.45, 2.75) is 39.2 Å². The van der Waals surface area contributed by atoms with Crippen molar-refractivity contribution in [1.29, 1.82) is 0 Å². The fourth-order valence-electron chi connectivity index (χ4n) is 4.78. The second-order valence-electron chi connectivity index (χ2n) is 9.65. The summed E-state index contributed by atoms with van der Waals surface area (Å²) in [7, 11) is -0.431. The lowest BCUT2D eigenvalue weighted by Gasteiger charge is -2.43. The van der Waals surface area contributed by atoms with Crippen molar-refractivity contribution >= 4 is 18.7 Å². The molecule has 170 valence electrons. The van der Waals surface area contributed by atoms with Crippen LogP contribution in [0.2, 0.25) is 5.04 Å². The fourth-order valence-corrected chi connectivity index (χ4v) is 9.34. The minimum Gasteiger partial charge on any atom is -0.407 e. The van der Waals surface area contributed by atoms with Gasteiger partial charge in [-0.15, -0.1) is 0 Å². The lowest BCUT2D eigenvalue weighted by Crippen LogP contribution is -2.66. The van der Waals surface area contributed by atoms with Crippen LogP contribution in [0.15, 0.2) is 91.0 Å². The predicted octanol–water partition coefficient (Wildman–Crippen LogP) is 5.51. The van der Waals surface area contributed by atoms with Gasteiger partial charge in [-0.3, -0.25) is 0 Å². The molecule has 4 aromatic rings. The summed E-state index contributed by atoms with van der Waals surface area (Å²) in [5.41, 5.74) is 3.44. The van der Waals surface area contributed by atoms with Crippen LogP contribution in [0.1, 0.15) is 32.2 Å². The Labute approximate surface area is 199 Å². The number of aromatic nitrogens is 2. The van der Waals surface area contributed by atoms with Gasteiger partial charge in [-0.2, -0.15) is 0 Å². The molecular weight excluding hydrogens is 420 g/mol. The summed E-state index contributed by atoms with van der Waals surface area (Å²) in [6.07, 6.45) is 0.789. The first kappa shape index (κ1) is 23.2. The van der Waals surface area contributed by atoms with Crippen LogP contribution in [-0.4, -0.2) is 24.5 Å². The van der Waals surface area contributed by atoms with E-state index in [1.807, 2.05) is 6.07 Å². The molecule has 1 aromatic heterocycles. The Hall–Kier alpha value is -2.95. The largest absolute Gasteiger partial charge is 0.407 e. The topological polar surface area (TPSA) is 27.1 Å². The van der Waals surface area contributed by atoms with Crippen LogP contribution in [0.4, 0.5) is 0 Å². The summed E-state index contributed by atoms with van der Waals surface area (Å²) in [5, 5.41) is 2.60. The molecule has 0 radical (unpaired) electrons. The average Bonchev–Trinajstić information content (AvgIpc) is 3.11. The molecule has 0 saturated heterocycles. The van der Waals surface area contributed by atoms with Gasteiger partial charge >= 0.3 is 0 Å². The molecule has 4 rings (SSSR count). The van der Waals surface area contributed by atoms with E-state index in [9.17, 15) is 0 Å². The summed E-state index contributed by atoms with van der Waals surface area (Å²) in [4.78, 5) is 5.01. The van der Waals surface area contributed by atoms with Crippen molar-refractivity contribution in [3.63, 3.8) is 0 Å². The van der Waals surface area contributed by atoms with E-state index in [2.05, 4.69) is 124 Å². The van der Waals surface area contributed by atoms with E-state index in [0.717, 1.165) is 23.5 Å². The molecule has 33 heavy (non-hydrogen) atoms. The highest BCUT2D eigenvalue weighted by atomic mass is 28.4. The molecule has 0 bridgehead atoms. The predicted molar refractivity (Wildman–Crippen MR) is 141 cm³/mol. The summed E-state index contributed by atoms with van der Waals surface area (Å²) in [5.74, 6) is 1.01. The van der Waals surface area contributed by atoms with Crippen molar-refractivity contribution in [1.82, 2.24) is 9.55 Å². The van der Waals surface area contributed by atoms with Crippen molar-refractivity contribution in [3.05, 3.63) is 102 Å². The Morgan fingerprint density at radius 2 is 1.27 bits per heavy atom. The molecular formula is C29H34N2OSi. The highest BCUT2D eigenvalue weighted by Crippen LogP contribution is 2.36. The molecule has 0 saturated carbocycles. The van der Waals surface area contributed by atoms with E-state index in [0.29, 0.717) is 6.61 Å². The van der Waals surface area contributed by atoms with E-state index in [4.69, 9.17) is 9.41 Å². The summed E-state index contributed by atoms with van der Waals surface area (Å²) >= 11 is 0. The smallest absolute Gasteiger partial charge is 0.261 e. The summed E-state index contributed by atoms with van der Waals surface area (Å²) < 4.78 is 9.26. The third-order valence-electron chi connectivity index (χ3n) is 6.59. The highest BCUT2D eigenvalue weighted by Gasteiger charge is 2.50. The van der Waals surface area contributed by atoms with Gasteiger partial charge in [0.15, 0.2) is 0 Å². The second kappa shape index (κ2) is 9.50. The summed E-state index contributed by atoms with van der Waals surface area (Å²) in [6.45, 7) is 9.74. The van der Waals surface area contributed by atoms with Gasteiger partial charge in [-0.05, 0) is 22.3 Å². The minimum atomic E-state index is -2.53. The van der Waals surface area contributed by atoms with E-state index in [1.54, 1.807) is 0 Å². The van der Waals surface area contributed by atoms with Gasteiger partial charge < -0.3 is 8.99 Å². The first-order valence-electron chi connectivity index (χ1n) is 11.7. The minimum absolute atomic E-state index is 0.0237. The Bertz CT molecular complexity index is 1140. The van der Waals surface area contributed by atoms with Crippen molar-refractivity contribution in [2.75, 3.05) is 6.61 Å². The molecule has 0 unspecified atom stereocenters. The van der Waals surface area contributed by atoms with Gasteiger partial charge in [-0.1, -0.05) is 112 Å². The first-order chi connectivity index (χ1) is 15.8. The number of benzene rings is 3. The zero-order valence-corrected chi connectivity index (χ0v) is 21.4. The zero-order valence-electron chi connectivity index (χ0n) is 20.4. The molecule has 1 heterocycles. The highest BCUT2D eigenvalue weighted by molar-refractivity contribution is 6.99. The first-order valence-corrected chi connectivity index (χ1v) is 13.6. The maximum atomic E-state index is 7.07. The van der Waals surface area contributed by atoms with E-state index in [1.165, 1.54) is 16.1 Å². The van der Waals surface area contributed by atoms with Gasteiger partial charge in [0.05, 0.1) is 5.69 Å². The van der Waals surface area contributed by atoms with Crippen molar-refractivity contribution in [2.24, 2.45) is 7.05 Å². The molecule has 3 aromatic carbocycles. The third-order valence-corrected chi connectivity index (χ3v) is 11.6. The summed E-state index contributed by atoms with van der Waals surface area (Å²) in [6, 6.07) is 32.0. The van der Waals surface area contributed by atoms with Gasteiger partial charge in [0.25, 0.3) is 8.32 Å². The monoisotopic (exact) mass is 454 g/mol. The number of imidazole rings is 1. The standard InChI is InChI=1S/C29H34N2OSi/c1-23-27(30-28(31(23)5)24-15-9-6-10-16-24)21-22-32-33(29(2,3)4,25-17-11-7-12-18-25)26-19-13-8-14-20-26/h6-20H,21-22H2,1-5H3. The SMILES string of the molecule is Cc1c(CCO[Si](c2ccccc2)(c2ccccc2)C(C)(C)C)nc(-c2ccccc2)n1C. The van der Waals surface area contributed by atoms with Gasteiger partial charge in [-0.25, -0.2) is 4.98 Å². The van der Waals surface area contributed by atoms with Crippen LogP contribution >= 0.6 is 0 Å². The van der Waals surface area contributed by atoms with Gasteiger partial charge in [0.1, 0.15) is 5.82 Å². The molecule has 3 nitrogen and oxygen atoms in total. The molecule has 0 spiro atoms. The zero-order chi connectivity index (χ0) is 23.5. The molecule has 0 N–H and O–H groups in total. The lowest BCUT2D eigenvalue weighted by molar-refractivity contribution is 0.300. The molecule has 0 atom stereocenters. The number of hydrogen-bond acceptors (Lipinski definition) is 2. The van der Waals surface area contributed by atoms with Crippen molar-refractivity contribution < 1.29 is 4.43 Å². The van der Waals surface area contributed by atoms with Crippen LogP contribution in [-0.2, 0) is 17.9 Å². The fraction of sp³-hybridized carbons (Fsp3) is 0.276. The number of rotatable bonds is 7. The molecule has 0 fully saturated rings. The molecule has 0 aliphatic rings. The van der Waals surface area contributed by atoms with E-state index < -0.39 is 8.32 Å². The Morgan fingerprint density at radius 3 is 1.76 bits per heavy atom. The Morgan fingerprint density at radius 1 is 0.788 bits per heavy atom. The maximum Gasteiger partial charge on any atom is 0.261 e. The van der Waals surface area contributed by atoms with Gasteiger partial charge in [0, 0.05) is 31.3 Å². The average molecular weight is 455 g/mol. The van der Waals surface area contributed by atoms with Crippen LogP contribution in [0.25, 0.3) is 11.4 Å². The van der Waals surface area contributed by atoms with E-state index >= 15 is 0 Å². The van der Waals surface area contributed by atoms with Crippen LogP contribution in [0.5, 0.6) is 0 Å². The normalized spacial score (nSPS) is 12.2. The molecule has 0 aliphatic carbocycles. The van der Waals surface area contributed by atoms with Crippen LogP contribution < -0.4 is 10.4 Å². The third kappa shape index (κ3) is 4.46. The Kier molecular flexibility index (Phi) is 6.68. The van der Waals surface area contributed by atoms with Crippen LogP contribution in [0, 0.1) is 6.92 Å². The maximum absolute atomic E-state index is 7.07. The Balaban J connectivity index is 1.67. The number of hydrogen-bond donors (Lipinski definition) is 0. The molecule has 0 aliphatic heterocycles. The molecule has 0 amide bonds. The number of nitrogens with zero attached hydrogens (tertiary/aromatic N) is 2.